The highest BCUT2D eigenvalue weighted by molar-refractivity contribution is 9.10. The van der Waals surface area contributed by atoms with Crippen LogP contribution < -0.4 is 5.32 Å². The number of ether oxygens (including phenoxy) is 1. The van der Waals surface area contributed by atoms with Crippen LogP contribution in [0.4, 0.5) is 0 Å². The molecule has 1 aliphatic heterocycles. The highest BCUT2D eigenvalue weighted by atomic mass is 79.9. The summed E-state index contributed by atoms with van der Waals surface area (Å²) in [5.41, 5.74) is 1.33. The maximum Gasteiger partial charge on any atom is 0.0587 e. The van der Waals surface area contributed by atoms with E-state index in [1.807, 2.05) is 0 Å². The molecule has 0 spiro atoms. The number of rotatable bonds is 5. The van der Waals surface area contributed by atoms with Crippen molar-refractivity contribution >= 4 is 15.9 Å². The van der Waals surface area contributed by atoms with Gasteiger partial charge in [-0.25, -0.2) is 0 Å². The molecule has 0 aromatic heterocycles. The molecule has 0 aliphatic carbocycles. The minimum absolute atomic E-state index is 0.395. The summed E-state index contributed by atoms with van der Waals surface area (Å²) in [6, 6.07) is 8.88. The Hall–Kier alpha value is -0.380. The minimum Gasteiger partial charge on any atom is -0.378 e. The third-order valence-corrected chi connectivity index (χ3v) is 4.03. The first-order valence-electron chi connectivity index (χ1n) is 6.86. The van der Waals surface area contributed by atoms with Crippen LogP contribution in [0.5, 0.6) is 0 Å². The number of nitrogens with one attached hydrogen (secondary N) is 1. The van der Waals surface area contributed by atoms with Crippen molar-refractivity contribution in [3.05, 3.63) is 34.3 Å². The van der Waals surface area contributed by atoms with E-state index < -0.39 is 0 Å². The number of hydrogen-bond donors (Lipinski definition) is 1. The van der Waals surface area contributed by atoms with Gasteiger partial charge in [0.25, 0.3) is 0 Å². The first kappa shape index (κ1) is 14.0. The van der Waals surface area contributed by atoms with Crippen molar-refractivity contribution in [3.8, 4) is 0 Å². The molecule has 1 heterocycles. The van der Waals surface area contributed by atoms with Crippen molar-refractivity contribution in [1.29, 1.82) is 0 Å². The Kier molecular flexibility index (Phi) is 5.67. The third kappa shape index (κ3) is 4.38. The van der Waals surface area contributed by atoms with Crippen LogP contribution in [0.25, 0.3) is 0 Å². The predicted molar refractivity (Wildman–Crippen MR) is 78.8 cm³/mol. The second-order valence-corrected chi connectivity index (χ2v) is 5.92. The SMILES string of the molecule is CC(NCCC1CCCCO1)c1cccc(Br)c1. The average Bonchev–Trinajstić information content (AvgIpc) is 2.40. The van der Waals surface area contributed by atoms with Crippen molar-refractivity contribution in [3.63, 3.8) is 0 Å². The van der Waals surface area contributed by atoms with Crippen LogP contribution in [-0.2, 0) is 4.74 Å². The van der Waals surface area contributed by atoms with Crippen LogP contribution in [0.3, 0.4) is 0 Å². The van der Waals surface area contributed by atoms with Crippen molar-refractivity contribution in [2.45, 2.75) is 44.8 Å². The second-order valence-electron chi connectivity index (χ2n) is 5.01. The molecule has 0 bridgehead atoms. The Bertz CT molecular complexity index is 363. The van der Waals surface area contributed by atoms with Crippen LogP contribution in [0.1, 0.15) is 44.2 Å². The monoisotopic (exact) mass is 311 g/mol. The van der Waals surface area contributed by atoms with Crippen LogP contribution in [0, 0.1) is 0 Å². The fourth-order valence-corrected chi connectivity index (χ4v) is 2.81. The molecule has 1 saturated heterocycles. The normalized spacial score (nSPS) is 21.8. The number of hydrogen-bond acceptors (Lipinski definition) is 2. The van der Waals surface area contributed by atoms with Crippen molar-refractivity contribution in [2.75, 3.05) is 13.2 Å². The predicted octanol–water partition coefficient (Wildman–Crippen LogP) is 4.06. The average molecular weight is 312 g/mol. The van der Waals surface area contributed by atoms with Gasteiger partial charge in [0.2, 0.25) is 0 Å². The van der Waals surface area contributed by atoms with Crippen molar-refractivity contribution < 1.29 is 4.74 Å². The Morgan fingerprint density at radius 3 is 3.06 bits per heavy atom. The Morgan fingerprint density at radius 2 is 2.33 bits per heavy atom. The Morgan fingerprint density at radius 1 is 1.44 bits per heavy atom. The Balaban J connectivity index is 1.72. The Labute approximate surface area is 118 Å². The van der Waals surface area contributed by atoms with Gasteiger partial charge in [-0.2, -0.15) is 0 Å². The van der Waals surface area contributed by atoms with Crippen molar-refractivity contribution in [1.82, 2.24) is 5.32 Å². The summed E-state index contributed by atoms with van der Waals surface area (Å²) < 4.78 is 6.88. The molecule has 1 N–H and O–H groups in total. The lowest BCUT2D eigenvalue weighted by Gasteiger charge is -2.23. The van der Waals surface area contributed by atoms with E-state index in [4.69, 9.17) is 4.74 Å². The van der Waals surface area contributed by atoms with E-state index >= 15 is 0 Å². The zero-order valence-electron chi connectivity index (χ0n) is 11.0. The lowest BCUT2D eigenvalue weighted by Crippen LogP contribution is -2.27. The summed E-state index contributed by atoms with van der Waals surface area (Å²) in [4.78, 5) is 0. The summed E-state index contributed by atoms with van der Waals surface area (Å²) >= 11 is 3.51. The maximum atomic E-state index is 5.74. The van der Waals surface area contributed by atoms with Gasteiger partial charge in [0, 0.05) is 17.1 Å². The molecular formula is C15H22BrNO. The smallest absolute Gasteiger partial charge is 0.0587 e. The van der Waals surface area contributed by atoms with Crippen LogP contribution >= 0.6 is 15.9 Å². The topological polar surface area (TPSA) is 21.3 Å². The molecule has 1 aromatic rings. The van der Waals surface area contributed by atoms with E-state index in [0.717, 1.165) is 24.0 Å². The van der Waals surface area contributed by atoms with Gasteiger partial charge in [0.05, 0.1) is 6.10 Å². The quantitative estimate of drug-likeness (QED) is 0.885. The molecule has 1 aromatic carbocycles. The fraction of sp³-hybridized carbons (Fsp3) is 0.600. The largest absolute Gasteiger partial charge is 0.378 e. The first-order valence-corrected chi connectivity index (χ1v) is 7.65. The van der Waals surface area contributed by atoms with Gasteiger partial charge in [-0.15, -0.1) is 0 Å². The summed E-state index contributed by atoms with van der Waals surface area (Å²) in [5, 5.41) is 3.57. The molecule has 0 saturated carbocycles. The fourth-order valence-electron chi connectivity index (χ4n) is 2.39. The highest BCUT2D eigenvalue weighted by Crippen LogP contribution is 2.19. The van der Waals surface area contributed by atoms with E-state index in [-0.39, 0.29) is 0 Å². The first-order chi connectivity index (χ1) is 8.75. The number of halogens is 1. The molecule has 3 heteroatoms. The molecule has 18 heavy (non-hydrogen) atoms. The van der Waals surface area contributed by atoms with E-state index in [9.17, 15) is 0 Å². The third-order valence-electron chi connectivity index (χ3n) is 3.54. The molecule has 2 atom stereocenters. The molecule has 0 amide bonds. The molecular weight excluding hydrogens is 290 g/mol. The van der Waals surface area contributed by atoms with Crippen LogP contribution in [-0.4, -0.2) is 19.3 Å². The van der Waals surface area contributed by atoms with Gasteiger partial charge < -0.3 is 10.1 Å². The molecule has 2 unspecified atom stereocenters. The standard InChI is InChI=1S/C15H22BrNO/c1-12(13-5-4-6-14(16)11-13)17-9-8-15-7-2-3-10-18-15/h4-6,11-12,15,17H,2-3,7-10H2,1H3. The van der Waals surface area contributed by atoms with Gasteiger partial charge in [0.1, 0.15) is 0 Å². The summed E-state index contributed by atoms with van der Waals surface area (Å²) in [7, 11) is 0. The van der Waals surface area contributed by atoms with Gasteiger partial charge in [0.15, 0.2) is 0 Å². The molecule has 100 valence electrons. The summed E-state index contributed by atoms with van der Waals surface area (Å²) in [6.45, 7) is 4.19. The zero-order valence-corrected chi connectivity index (χ0v) is 12.6. The van der Waals surface area contributed by atoms with Crippen LogP contribution in [0.15, 0.2) is 28.7 Å². The van der Waals surface area contributed by atoms with E-state index in [1.54, 1.807) is 0 Å². The molecule has 1 fully saturated rings. The van der Waals surface area contributed by atoms with E-state index in [2.05, 4.69) is 52.4 Å². The van der Waals surface area contributed by atoms with Gasteiger partial charge in [-0.05, 0) is 56.8 Å². The van der Waals surface area contributed by atoms with Crippen LogP contribution in [0.2, 0.25) is 0 Å². The zero-order chi connectivity index (χ0) is 12.8. The summed E-state index contributed by atoms with van der Waals surface area (Å²) in [5.74, 6) is 0. The molecule has 1 aliphatic rings. The molecule has 2 rings (SSSR count). The summed E-state index contributed by atoms with van der Waals surface area (Å²) in [6.07, 6.45) is 5.39. The van der Waals surface area contributed by atoms with Crippen molar-refractivity contribution in [2.24, 2.45) is 0 Å². The molecule has 0 radical (unpaired) electrons. The van der Waals surface area contributed by atoms with Gasteiger partial charge in [-0.3, -0.25) is 0 Å². The van der Waals surface area contributed by atoms with Gasteiger partial charge >= 0.3 is 0 Å². The minimum atomic E-state index is 0.395. The second kappa shape index (κ2) is 7.27. The number of benzene rings is 1. The van der Waals surface area contributed by atoms with E-state index in [1.165, 1.54) is 24.8 Å². The lowest BCUT2D eigenvalue weighted by molar-refractivity contribution is 0.0112. The molecule has 2 nitrogen and oxygen atoms in total. The lowest BCUT2D eigenvalue weighted by atomic mass is 10.1. The van der Waals surface area contributed by atoms with E-state index in [0.29, 0.717) is 12.1 Å². The van der Waals surface area contributed by atoms with Gasteiger partial charge in [-0.1, -0.05) is 28.1 Å². The maximum absolute atomic E-state index is 5.74. The highest BCUT2D eigenvalue weighted by Gasteiger charge is 2.13.